The average molecular weight is 313 g/mol. The Morgan fingerprint density at radius 1 is 1.50 bits per heavy atom. The van der Waals surface area contributed by atoms with Crippen molar-refractivity contribution in [2.45, 2.75) is 51.0 Å². The number of aliphatic hydroxyl groups excluding tert-OH is 1. The molecule has 2 heterocycles. The summed E-state index contributed by atoms with van der Waals surface area (Å²) < 4.78 is 10.5. The van der Waals surface area contributed by atoms with Crippen LogP contribution in [0.1, 0.15) is 27.2 Å². The Morgan fingerprint density at radius 3 is 2.77 bits per heavy atom. The van der Waals surface area contributed by atoms with Gasteiger partial charge in [-0.05, 0) is 24.8 Å². The summed E-state index contributed by atoms with van der Waals surface area (Å²) in [6.45, 7) is 6.90. The first-order chi connectivity index (χ1) is 10.3. The number of ether oxygens (including phenoxy) is 2. The Bertz CT molecular complexity index is 450. The molecule has 0 aromatic heterocycles. The molecule has 6 nitrogen and oxygen atoms in total. The molecule has 1 saturated heterocycles. The summed E-state index contributed by atoms with van der Waals surface area (Å²) in [5, 5.41) is 20.7. The van der Waals surface area contributed by atoms with Crippen LogP contribution in [0.4, 0.5) is 0 Å². The fourth-order valence-corrected chi connectivity index (χ4v) is 3.34. The molecular weight excluding hydrogens is 286 g/mol. The first-order valence-corrected chi connectivity index (χ1v) is 7.85. The van der Waals surface area contributed by atoms with Gasteiger partial charge in [-0.1, -0.05) is 19.9 Å². The van der Waals surface area contributed by atoms with Crippen molar-refractivity contribution in [2.24, 2.45) is 5.92 Å². The van der Waals surface area contributed by atoms with Crippen LogP contribution in [-0.4, -0.2) is 71.7 Å². The molecule has 0 unspecified atom stereocenters. The lowest BCUT2D eigenvalue weighted by atomic mass is 9.85. The van der Waals surface area contributed by atoms with Crippen molar-refractivity contribution in [3.05, 3.63) is 11.6 Å². The summed E-state index contributed by atoms with van der Waals surface area (Å²) in [4.78, 5) is 14.5. The molecule has 0 saturated carbocycles. The average Bonchev–Trinajstić information content (AvgIpc) is 3.06. The summed E-state index contributed by atoms with van der Waals surface area (Å²) >= 11 is 0. The van der Waals surface area contributed by atoms with E-state index in [1.807, 2.05) is 6.08 Å². The van der Waals surface area contributed by atoms with E-state index in [9.17, 15) is 15.0 Å². The number of nitrogens with zero attached hydrogens (tertiary/aromatic N) is 1. The highest BCUT2D eigenvalue weighted by Gasteiger charge is 2.47. The summed E-state index contributed by atoms with van der Waals surface area (Å²) in [7, 11) is 1.46. The van der Waals surface area contributed by atoms with Gasteiger partial charge in [-0.15, -0.1) is 0 Å². The molecule has 0 spiro atoms. The van der Waals surface area contributed by atoms with Crippen LogP contribution in [0.5, 0.6) is 0 Å². The van der Waals surface area contributed by atoms with Crippen molar-refractivity contribution in [3.8, 4) is 0 Å². The molecule has 2 N–H and O–H groups in total. The van der Waals surface area contributed by atoms with Crippen molar-refractivity contribution < 1.29 is 24.5 Å². The fourth-order valence-electron chi connectivity index (χ4n) is 3.34. The van der Waals surface area contributed by atoms with Crippen LogP contribution in [-0.2, 0) is 14.3 Å². The molecule has 126 valence electrons. The number of methoxy groups -OCH3 is 1. The topological polar surface area (TPSA) is 79.2 Å². The van der Waals surface area contributed by atoms with E-state index in [-0.39, 0.29) is 18.6 Å². The smallest absolute Gasteiger partial charge is 0.341 e. The Hall–Kier alpha value is -0.950. The molecule has 0 amide bonds. The highest BCUT2D eigenvalue weighted by Crippen LogP contribution is 2.30. The molecule has 6 heteroatoms. The maximum absolute atomic E-state index is 12.4. The second kappa shape index (κ2) is 6.66. The van der Waals surface area contributed by atoms with E-state index in [4.69, 9.17) is 9.47 Å². The van der Waals surface area contributed by atoms with Crippen LogP contribution >= 0.6 is 0 Å². The van der Waals surface area contributed by atoms with Gasteiger partial charge in [0.2, 0.25) is 0 Å². The third-order valence-corrected chi connectivity index (χ3v) is 4.99. The normalized spacial score (nSPS) is 29.1. The lowest BCUT2D eigenvalue weighted by Crippen LogP contribution is -2.54. The standard InChI is InChI=1S/C16H27NO5/c1-10(2)16(20,11(3)21-4)15(19)22-9-12-5-7-17-8-6-13(18)14(12)17/h5,10-11,13-14,18,20H,6-9H2,1-4H3/t11-,13+,14+,16-/m1/s1. The maximum Gasteiger partial charge on any atom is 0.341 e. The third kappa shape index (κ3) is 2.93. The Morgan fingerprint density at radius 2 is 2.18 bits per heavy atom. The zero-order chi connectivity index (χ0) is 16.5. The summed E-state index contributed by atoms with van der Waals surface area (Å²) in [6.07, 6.45) is 1.67. The van der Waals surface area contributed by atoms with Gasteiger partial charge in [-0.2, -0.15) is 0 Å². The molecule has 2 aliphatic rings. The van der Waals surface area contributed by atoms with Gasteiger partial charge in [0, 0.05) is 20.2 Å². The van der Waals surface area contributed by atoms with Crippen molar-refractivity contribution >= 4 is 5.97 Å². The highest BCUT2D eigenvalue weighted by molar-refractivity contribution is 5.80. The molecule has 0 radical (unpaired) electrons. The minimum Gasteiger partial charge on any atom is -0.459 e. The van der Waals surface area contributed by atoms with Crippen LogP contribution in [0.25, 0.3) is 0 Å². The highest BCUT2D eigenvalue weighted by atomic mass is 16.6. The first-order valence-electron chi connectivity index (χ1n) is 7.85. The number of hydrogen-bond donors (Lipinski definition) is 2. The van der Waals surface area contributed by atoms with Gasteiger partial charge in [0.25, 0.3) is 0 Å². The summed E-state index contributed by atoms with van der Waals surface area (Å²) in [5.74, 6) is -1.01. The molecule has 0 aromatic rings. The molecule has 22 heavy (non-hydrogen) atoms. The van der Waals surface area contributed by atoms with Crippen LogP contribution in [0.15, 0.2) is 11.6 Å². The van der Waals surface area contributed by atoms with E-state index in [1.165, 1.54) is 7.11 Å². The van der Waals surface area contributed by atoms with Crippen molar-refractivity contribution in [1.29, 1.82) is 0 Å². The molecule has 0 bridgehead atoms. The van der Waals surface area contributed by atoms with E-state index in [0.717, 1.165) is 25.1 Å². The van der Waals surface area contributed by atoms with E-state index in [0.29, 0.717) is 0 Å². The Balaban J connectivity index is 2.00. The zero-order valence-corrected chi connectivity index (χ0v) is 13.8. The predicted octanol–water partition coefficient (Wildman–Crippen LogP) is 0.327. The largest absolute Gasteiger partial charge is 0.459 e. The zero-order valence-electron chi connectivity index (χ0n) is 13.8. The van der Waals surface area contributed by atoms with E-state index in [1.54, 1.807) is 20.8 Å². The SMILES string of the molecule is CO[C@H](C)[C@@](O)(C(=O)OCC1=CCN2CC[C@H](O)[C@H]12)C(C)C. The minimum atomic E-state index is -1.68. The number of hydrogen-bond acceptors (Lipinski definition) is 6. The van der Waals surface area contributed by atoms with Crippen LogP contribution in [0, 0.1) is 5.92 Å². The number of rotatable bonds is 6. The Labute approximate surface area is 131 Å². The number of aliphatic hydroxyl groups is 2. The lowest BCUT2D eigenvalue weighted by Gasteiger charge is -2.34. The van der Waals surface area contributed by atoms with Crippen LogP contribution < -0.4 is 0 Å². The first kappa shape index (κ1) is 17.4. The van der Waals surface area contributed by atoms with E-state index in [2.05, 4.69) is 4.90 Å². The van der Waals surface area contributed by atoms with E-state index < -0.39 is 23.8 Å². The van der Waals surface area contributed by atoms with Gasteiger partial charge in [-0.3, -0.25) is 4.90 Å². The fraction of sp³-hybridized carbons (Fsp3) is 0.812. The Kier molecular flexibility index (Phi) is 5.27. The summed E-state index contributed by atoms with van der Waals surface area (Å²) in [5.41, 5.74) is -0.767. The maximum atomic E-state index is 12.4. The monoisotopic (exact) mass is 313 g/mol. The van der Waals surface area contributed by atoms with Crippen molar-refractivity contribution in [3.63, 3.8) is 0 Å². The van der Waals surface area contributed by atoms with Gasteiger partial charge in [0.15, 0.2) is 5.60 Å². The summed E-state index contributed by atoms with van der Waals surface area (Å²) in [6, 6.07) is -0.0557. The molecule has 2 rings (SSSR count). The number of carbonyl (C=O) groups is 1. The van der Waals surface area contributed by atoms with E-state index >= 15 is 0 Å². The van der Waals surface area contributed by atoms with Gasteiger partial charge in [0.05, 0.1) is 18.2 Å². The second-order valence-corrected chi connectivity index (χ2v) is 6.51. The minimum absolute atomic E-state index is 0.0557. The van der Waals surface area contributed by atoms with Gasteiger partial charge < -0.3 is 19.7 Å². The van der Waals surface area contributed by atoms with Crippen molar-refractivity contribution in [2.75, 3.05) is 26.8 Å². The lowest BCUT2D eigenvalue weighted by molar-refractivity contribution is -0.186. The van der Waals surface area contributed by atoms with Gasteiger partial charge in [0.1, 0.15) is 6.61 Å². The molecule has 0 aliphatic carbocycles. The van der Waals surface area contributed by atoms with Crippen LogP contribution in [0.3, 0.4) is 0 Å². The molecular formula is C16H27NO5. The van der Waals surface area contributed by atoms with Gasteiger partial charge in [-0.25, -0.2) is 4.79 Å². The van der Waals surface area contributed by atoms with Crippen LogP contribution in [0.2, 0.25) is 0 Å². The quantitative estimate of drug-likeness (QED) is 0.543. The molecule has 2 aliphatic heterocycles. The van der Waals surface area contributed by atoms with Gasteiger partial charge >= 0.3 is 5.97 Å². The third-order valence-electron chi connectivity index (χ3n) is 4.99. The number of fused-ring (bicyclic) bond motifs is 1. The molecule has 1 fully saturated rings. The predicted molar refractivity (Wildman–Crippen MR) is 81.3 cm³/mol. The number of esters is 1. The number of carbonyl (C=O) groups excluding carboxylic acids is 1. The molecule has 0 aromatic carbocycles. The molecule has 4 atom stereocenters. The second-order valence-electron chi connectivity index (χ2n) is 6.51. The van der Waals surface area contributed by atoms with Crippen molar-refractivity contribution in [1.82, 2.24) is 4.90 Å².